The summed E-state index contributed by atoms with van der Waals surface area (Å²) in [7, 11) is 0. The van der Waals surface area contributed by atoms with Gasteiger partial charge in [-0.15, -0.1) is 0 Å². The van der Waals surface area contributed by atoms with Gasteiger partial charge in [-0.2, -0.15) is 0 Å². The van der Waals surface area contributed by atoms with Gasteiger partial charge in [0.2, 0.25) is 0 Å². The summed E-state index contributed by atoms with van der Waals surface area (Å²) in [4.78, 5) is 4.38. The highest BCUT2D eigenvalue weighted by Crippen LogP contribution is 2.34. The van der Waals surface area contributed by atoms with E-state index < -0.39 is 0 Å². The molecule has 1 N–H and O–H groups in total. The third-order valence-corrected chi connectivity index (χ3v) is 2.88. The number of halogens is 1. The van der Waals surface area contributed by atoms with Gasteiger partial charge in [-0.3, -0.25) is 4.98 Å². The number of rotatable bonds is 0. The van der Waals surface area contributed by atoms with Crippen LogP contribution in [0.4, 0.5) is 5.69 Å². The van der Waals surface area contributed by atoms with Crippen molar-refractivity contribution in [2.75, 3.05) is 5.32 Å². The molecule has 0 saturated heterocycles. The molecule has 0 fully saturated rings. The molecule has 1 aromatic rings. The Morgan fingerprint density at radius 2 is 2.25 bits per heavy atom. The number of hydrogen-bond donors (Lipinski definition) is 1. The molecular weight excluding hydrogens is 216 g/mol. The summed E-state index contributed by atoms with van der Waals surface area (Å²) in [6.07, 6.45) is 1.86. The van der Waals surface area contributed by atoms with E-state index in [1.165, 1.54) is 11.4 Å². The van der Waals surface area contributed by atoms with Crippen LogP contribution in [-0.4, -0.2) is 11.0 Å². The third kappa shape index (κ3) is 1.12. The Morgan fingerprint density at radius 1 is 1.50 bits per heavy atom. The normalized spacial score (nSPS) is 26.6. The van der Waals surface area contributed by atoms with E-state index >= 15 is 0 Å². The fraction of sp³-hybridized carbons (Fsp3) is 0.444. The van der Waals surface area contributed by atoms with E-state index in [4.69, 9.17) is 0 Å². The minimum atomic E-state index is 0.502. The molecule has 2 rings (SSSR count). The van der Waals surface area contributed by atoms with Crippen molar-refractivity contribution in [1.82, 2.24) is 4.98 Å². The fourth-order valence-electron chi connectivity index (χ4n) is 1.54. The highest BCUT2D eigenvalue weighted by Gasteiger charge is 2.26. The zero-order valence-electron chi connectivity index (χ0n) is 7.13. The first-order valence-electron chi connectivity index (χ1n) is 4.10. The molecule has 1 aliphatic heterocycles. The molecule has 0 radical (unpaired) electrons. The average Bonchev–Trinajstić information content (AvgIpc) is 2.28. The number of aromatic nitrogens is 1. The number of nitrogens with one attached hydrogen (secondary N) is 1. The predicted octanol–water partition coefficient (Wildman–Crippen LogP) is 2.76. The Labute approximate surface area is 80.5 Å². The summed E-state index contributed by atoms with van der Waals surface area (Å²) < 4.78 is 1.04. The van der Waals surface area contributed by atoms with Crippen LogP contribution in [0.1, 0.15) is 25.5 Å². The van der Waals surface area contributed by atoms with E-state index in [0.717, 1.165) is 4.47 Å². The molecule has 0 saturated carbocycles. The molecule has 1 aromatic heterocycles. The highest BCUT2D eigenvalue weighted by atomic mass is 79.9. The van der Waals surface area contributed by atoms with E-state index in [1.807, 2.05) is 6.20 Å². The second kappa shape index (κ2) is 2.73. The van der Waals surface area contributed by atoms with Gasteiger partial charge in [0.05, 0.1) is 11.4 Å². The van der Waals surface area contributed by atoms with Gasteiger partial charge in [-0.05, 0) is 28.9 Å². The zero-order chi connectivity index (χ0) is 8.72. The minimum Gasteiger partial charge on any atom is -0.380 e. The van der Waals surface area contributed by atoms with Crippen LogP contribution in [0, 0.1) is 0 Å². The first-order chi connectivity index (χ1) is 5.68. The van der Waals surface area contributed by atoms with E-state index in [1.54, 1.807) is 0 Å². The smallest absolute Gasteiger partial charge is 0.0683 e. The second-order valence-corrected chi connectivity index (χ2v) is 4.22. The lowest BCUT2D eigenvalue weighted by molar-refractivity contribution is 0.675. The van der Waals surface area contributed by atoms with Gasteiger partial charge in [0.1, 0.15) is 0 Å². The highest BCUT2D eigenvalue weighted by molar-refractivity contribution is 9.10. The lowest BCUT2D eigenvalue weighted by Gasteiger charge is -2.07. The summed E-state index contributed by atoms with van der Waals surface area (Å²) in [5.74, 6) is 0.521. The van der Waals surface area contributed by atoms with Gasteiger partial charge in [0, 0.05) is 22.6 Å². The van der Waals surface area contributed by atoms with Crippen molar-refractivity contribution < 1.29 is 0 Å². The molecule has 2 unspecified atom stereocenters. The molecular formula is C9H11BrN2. The number of pyridine rings is 1. The number of fused-ring (bicyclic) bond motifs is 1. The van der Waals surface area contributed by atoms with Crippen LogP contribution < -0.4 is 5.32 Å². The molecule has 0 spiro atoms. The van der Waals surface area contributed by atoms with Gasteiger partial charge in [0.15, 0.2) is 0 Å². The Kier molecular flexibility index (Phi) is 1.83. The van der Waals surface area contributed by atoms with Crippen LogP contribution >= 0.6 is 15.9 Å². The van der Waals surface area contributed by atoms with Crippen molar-refractivity contribution in [2.45, 2.75) is 25.8 Å². The minimum absolute atomic E-state index is 0.502. The first kappa shape index (κ1) is 8.05. The van der Waals surface area contributed by atoms with Crippen molar-refractivity contribution in [3.05, 3.63) is 22.4 Å². The summed E-state index contributed by atoms with van der Waals surface area (Å²) in [5.41, 5.74) is 2.36. The summed E-state index contributed by atoms with van der Waals surface area (Å²) >= 11 is 3.40. The van der Waals surface area contributed by atoms with Crippen molar-refractivity contribution in [3.8, 4) is 0 Å². The first-order valence-corrected chi connectivity index (χ1v) is 4.90. The quantitative estimate of drug-likeness (QED) is 0.737. The molecule has 12 heavy (non-hydrogen) atoms. The molecule has 3 heteroatoms. The molecule has 0 aliphatic carbocycles. The van der Waals surface area contributed by atoms with Gasteiger partial charge in [-0.1, -0.05) is 6.92 Å². The van der Waals surface area contributed by atoms with Crippen LogP contribution in [0.2, 0.25) is 0 Å². The largest absolute Gasteiger partial charge is 0.380 e. The van der Waals surface area contributed by atoms with E-state index in [0.29, 0.717) is 12.0 Å². The summed E-state index contributed by atoms with van der Waals surface area (Å²) in [6.45, 7) is 4.38. The fourth-order valence-corrected chi connectivity index (χ4v) is 1.87. The molecule has 0 amide bonds. The van der Waals surface area contributed by atoms with Gasteiger partial charge in [-0.25, -0.2) is 0 Å². The number of nitrogens with zero attached hydrogens (tertiary/aromatic N) is 1. The lowest BCUT2D eigenvalue weighted by Crippen LogP contribution is -2.12. The Bertz CT molecular complexity index is 311. The molecule has 64 valence electrons. The van der Waals surface area contributed by atoms with Gasteiger partial charge < -0.3 is 5.32 Å². The van der Waals surface area contributed by atoms with E-state index in [2.05, 4.69) is 46.1 Å². The van der Waals surface area contributed by atoms with Crippen molar-refractivity contribution in [1.29, 1.82) is 0 Å². The van der Waals surface area contributed by atoms with E-state index in [9.17, 15) is 0 Å². The van der Waals surface area contributed by atoms with Crippen molar-refractivity contribution >= 4 is 21.6 Å². The average molecular weight is 227 g/mol. The van der Waals surface area contributed by atoms with Crippen LogP contribution in [0.5, 0.6) is 0 Å². The SMILES string of the molecule is CC1Nc2cc(Br)cnc2C1C. The molecule has 2 heterocycles. The van der Waals surface area contributed by atoms with Crippen molar-refractivity contribution in [3.63, 3.8) is 0 Å². The van der Waals surface area contributed by atoms with Crippen molar-refractivity contribution in [2.24, 2.45) is 0 Å². The maximum atomic E-state index is 4.38. The van der Waals surface area contributed by atoms with Crippen LogP contribution in [-0.2, 0) is 0 Å². The summed E-state index contributed by atoms with van der Waals surface area (Å²) in [6, 6.07) is 2.59. The second-order valence-electron chi connectivity index (χ2n) is 3.31. The lowest BCUT2D eigenvalue weighted by atomic mass is 10.0. The maximum Gasteiger partial charge on any atom is 0.0683 e. The Balaban J connectivity index is 2.47. The number of hydrogen-bond acceptors (Lipinski definition) is 2. The Hall–Kier alpha value is -0.570. The maximum absolute atomic E-state index is 4.38. The van der Waals surface area contributed by atoms with Crippen LogP contribution in [0.3, 0.4) is 0 Å². The molecule has 0 bridgehead atoms. The van der Waals surface area contributed by atoms with Crippen LogP contribution in [0.15, 0.2) is 16.7 Å². The summed E-state index contributed by atoms with van der Waals surface area (Å²) in [5, 5.41) is 3.40. The molecule has 1 aliphatic rings. The molecule has 2 atom stereocenters. The van der Waals surface area contributed by atoms with Gasteiger partial charge >= 0.3 is 0 Å². The van der Waals surface area contributed by atoms with Gasteiger partial charge in [0.25, 0.3) is 0 Å². The van der Waals surface area contributed by atoms with Crippen LogP contribution in [0.25, 0.3) is 0 Å². The Morgan fingerprint density at radius 3 is 3.00 bits per heavy atom. The standard InChI is InChI=1S/C9H11BrN2/c1-5-6(2)12-8-3-7(10)4-11-9(5)8/h3-6,12H,1-2H3. The predicted molar refractivity (Wildman–Crippen MR) is 53.4 cm³/mol. The molecule has 2 nitrogen and oxygen atoms in total. The number of anilines is 1. The topological polar surface area (TPSA) is 24.9 Å². The third-order valence-electron chi connectivity index (χ3n) is 2.45. The molecule has 0 aromatic carbocycles. The monoisotopic (exact) mass is 226 g/mol. The van der Waals surface area contributed by atoms with E-state index in [-0.39, 0.29) is 0 Å². The zero-order valence-corrected chi connectivity index (χ0v) is 8.72.